The molecule has 1 aromatic carbocycles. The number of alkyl halides is 3. The zero-order chi connectivity index (χ0) is 17.7. The number of aliphatic carboxylic acids is 1. The fourth-order valence-corrected chi connectivity index (χ4v) is 3.38. The SMILES string of the molecule is CCCCC(C(=O)O)[C@H]1CCN(Cc2ccc(C(F)(F)F)cc2)C1.Cl.Cl. The highest BCUT2D eigenvalue weighted by atomic mass is 35.5. The minimum atomic E-state index is -4.31. The number of rotatable bonds is 7. The van der Waals surface area contributed by atoms with Crippen molar-refractivity contribution in [2.75, 3.05) is 13.1 Å². The van der Waals surface area contributed by atoms with Crippen molar-refractivity contribution in [2.24, 2.45) is 11.8 Å². The van der Waals surface area contributed by atoms with Gasteiger partial charge in [-0.25, -0.2) is 0 Å². The van der Waals surface area contributed by atoms with Gasteiger partial charge in [0, 0.05) is 13.1 Å². The third-order valence-electron chi connectivity index (χ3n) is 4.75. The zero-order valence-electron chi connectivity index (χ0n) is 14.7. The molecule has 1 heterocycles. The topological polar surface area (TPSA) is 40.5 Å². The van der Waals surface area contributed by atoms with Crippen LogP contribution in [0.2, 0.25) is 0 Å². The molecule has 0 spiro atoms. The molecule has 3 nitrogen and oxygen atoms in total. The van der Waals surface area contributed by atoms with Gasteiger partial charge in [0.1, 0.15) is 0 Å². The van der Waals surface area contributed by atoms with E-state index >= 15 is 0 Å². The number of carboxylic acids is 1. The Morgan fingerprint density at radius 1 is 1.27 bits per heavy atom. The molecule has 2 rings (SSSR count). The molecule has 0 saturated carbocycles. The highest BCUT2D eigenvalue weighted by Crippen LogP contribution is 2.31. The summed E-state index contributed by atoms with van der Waals surface area (Å²) in [5.41, 5.74) is 0.181. The first-order chi connectivity index (χ1) is 11.3. The van der Waals surface area contributed by atoms with E-state index in [9.17, 15) is 23.1 Å². The first kappa shape index (κ1) is 25.0. The third kappa shape index (κ3) is 6.97. The number of carbonyl (C=O) groups is 1. The number of hydrogen-bond donors (Lipinski definition) is 1. The maximum atomic E-state index is 12.6. The smallest absolute Gasteiger partial charge is 0.416 e. The van der Waals surface area contributed by atoms with Gasteiger partial charge in [0.05, 0.1) is 11.5 Å². The Bertz CT molecular complexity index is 552. The van der Waals surface area contributed by atoms with E-state index in [0.29, 0.717) is 19.5 Å². The number of carboxylic acid groups (broad SMARTS) is 1. The fraction of sp³-hybridized carbons (Fsp3) is 0.611. The molecule has 1 aliphatic heterocycles. The van der Waals surface area contributed by atoms with Crippen molar-refractivity contribution in [1.82, 2.24) is 4.90 Å². The van der Waals surface area contributed by atoms with Crippen molar-refractivity contribution in [3.05, 3.63) is 35.4 Å². The molecule has 0 amide bonds. The van der Waals surface area contributed by atoms with Gasteiger partial charge < -0.3 is 5.11 Å². The lowest BCUT2D eigenvalue weighted by atomic mass is 9.87. The molecule has 150 valence electrons. The van der Waals surface area contributed by atoms with Crippen LogP contribution in [0.5, 0.6) is 0 Å². The zero-order valence-corrected chi connectivity index (χ0v) is 16.3. The Morgan fingerprint density at radius 2 is 1.88 bits per heavy atom. The predicted octanol–water partition coefficient (Wildman–Crippen LogP) is 5.26. The van der Waals surface area contributed by atoms with E-state index in [4.69, 9.17) is 0 Å². The molecule has 1 saturated heterocycles. The summed E-state index contributed by atoms with van der Waals surface area (Å²) in [5.74, 6) is -0.920. The van der Waals surface area contributed by atoms with Gasteiger partial charge in [-0.15, -0.1) is 24.8 Å². The second kappa shape index (κ2) is 11.0. The van der Waals surface area contributed by atoms with E-state index in [1.165, 1.54) is 12.1 Å². The van der Waals surface area contributed by atoms with Crippen molar-refractivity contribution < 1.29 is 23.1 Å². The van der Waals surface area contributed by atoms with Crippen molar-refractivity contribution in [1.29, 1.82) is 0 Å². The second-order valence-electron chi connectivity index (χ2n) is 6.57. The maximum Gasteiger partial charge on any atom is 0.416 e. The third-order valence-corrected chi connectivity index (χ3v) is 4.75. The number of likely N-dealkylation sites (tertiary alicyclic amines) is 1. The molecule has 0 aromatic heterocycles. The lowest BCUT2D eigenvalue weighted by Crippen LogP contribution is -2.27. The highest BCUT2D eigenvalue weighted by Gasteiger charge is 2.33. The van der Waals surface area contributed by atoms with Crippen LogP contribution < -0.4 is 0 Å². The monoisotopic (exact) mass is 415 g/mol. The molecule has 1 aliphatic rings. The Balaban J connectivity index is 0.00000312. The summed E-state index contributed by atoms with van der Waals surface area (Å²) in [6.07, 6.45) is -0.894. The Morgan fingerprint density at radius 3 is 2.38 bits per heavy atom. The number of unbranched alkanes of at least 4 members (excludes halogenated alkanes) is 1. The van der Waals surface area contributed by atoms with E-state index in [0.717, 1.165) is 43.5 Å². The molecule has 2 atom stereocenters. The van der Waals surface area contributed by atoms with Gasteiger partial charge in [-0.3, -0.25) is 9.69 Å². The minimum Gasteiger partial charge on any atom is -0.481 e. The molecule has 1 aromatic rings. The van der Waals surface area contributed by atoms with Crippen molar-refractivity contribution in [2.45, 2.75) is 45.3 Å². The van der Waals surface area contributed by atoms with E-state index < -0.39 is 17.7 Å². The molecular formula is C18H26Cl2F3NO2. The van der Waals surface area contributed by atoms with Gasteiger partial charge in [-0.2, -0.15) is 13.2 Å². The van der Waals surface area contributed by atoms with Gasteiger partial charge in [-0.05, 0) is 43.0 Å². The Labute approximate surface area is 164 Å². The molecule has 0 aliphatic carbocycles. The van der Waals surface area contributed by atoms with Crippen LogP contribution >= 0.6 is 24.8 Å². The van der Waals surface area contributed by atoms with Crippen molar-refractivity contribution >= 4 is 30.8 Å². The minimum absolute atomic E-state index is 0. The second-order valence-corrected chi connectivity index (χ2v) is 6.57. The summed E-state index contributed by atoms with van der Waals surface area (Å²) in [5, 5.41) is 9.42. The number of hydrogen-bond acceptors (Lipinski definition) is 2. The summed E-state index contributed by atoms with van der Waals surface area (Å²) in [6, 6.07) is 5.21. The molecule has 0 bridgehead atoms. The number of benzene rings is 1. The summed E-state index contributed by atoms with van der Waals surface area (Å²) in [7, 11) is 0. The van der Waals surface area contributed by atoms with Crippen LogP contribution in [0.15, 0.2) is 24.3 Å². The number of nitrogens with zero attached hydrogens (tertiary/aromatic N) is 1. The summed E-state index contributed by atoms with van der Waals surface area (Å²) in [4.78, 5) is 13.6. The molecule has 1 fully saturated rings. The Kier molecular flexibility index (Phi) is 10.6. The Hall–Kier alpha value is -0.980. The van der Waals surface area contributed by atoms with Crippen LogP contribution in [-0.4, -0.2) is 29.1 Å². The standard InChI is InChI=1S/C18H24F3NO2.2ClH/c1-2-3-4-16(17(23)24)14-9-10-22(12-14)11-13-5-7-15(8-6-13)18(19,20)21;;/h5-8,14,16H,2-4,9-12H2,1H3,(H,23,24);2*1H/t14-,16?;;/m0../s1. The lowest BCUT2D eigenvalue weighted by Gasteiger charge is -2.21. The quantitative estimate of drug-likeness (QED) is 0.659. The van der Waals surface area contributed by atoms with Gasteiger partial charge in [-0.1, -0.05) is 31.9 Å². The largest absolute Gasteiger partial charge is 0.481 e. The van der Waals surface area contributed by atoms with Crippen LogP contribution in [0.4, 0.5) is 13.2 Å². The highest BCUT2D eigenvalue weighted by molar-refractivity contribution is 5.85. The van der Waals surface area contributed by atoms with Crippen LogP contribution in [-0.2, 0) is 17.5 Å². The molecule has 8 heteroatoms. The van der Waals surface area contributed by atoms with E-state index in [-0.39, 0.29) is 36.6 Å². The fourth-order valence-electron chi connectivity index (χ4n) is 3.38. The van der Waals surface area contributed by atoms with Crippen LogP contribution in [0.3, 0.4) is 0 Å². The molecular weight excluding hydrogens is 390 g/mol. The average Bonchev–Trinajstić information content (AvgIpc) is 2.95. The van der Waals surface area contributed by atoms with E-state index in [1.807, 2.05) is 6.92 Å². The molecule has 1 unspecified atom stereocenters. The molecule has 1 N–H and O–H groups in total. The average molecular weight is 416 g/mol. The first-order valence-corrected chi connectivity index (χ1v) is 8.42. The van der Waals surface area contributed by atoms with E-state index in [1.54, 1.807) is 0 Å². The van der Waals surface area contributed by atoms with Gasteiger partial charge in [0.25, 0.3) is 0 Å². The maximum absolute atomic E-state index is 12.6. The van der Waals surface area contributed by atoms with Crippen LogP contribution in [0, 0.1) is 11.8 Å². The first-order valence-electron chi connectivity index (χ1n) is 8.42. The summed E-state index contributed by atoms with van der Waals surface area (Å²) >= 11 is 0. The number of halogens is 5. The van der Waals surface area contributed by atoms with Gasteiger partial charge in [0.2, 0.25) is 0 Å². The van der Waals surface area contributed by atoms with Gasteiger partial charge >= 0.3 is 12.1 Å². The predicted molar refractivity (Wildman–Crippen MR) is 100.0 cm³/mol. The molecule has 0 radical (unpaired) electrons. The van der Waals surface area contributed by atoms with Crippen LogP contribution in [0.25, 0.3) is 0 Å². The molecule has 26 heavy (non-hydrogen) atoms. The van der Waals surface area contributed by atoms with Crippen molar-refractivity contribution in [3.8, 4) is 0 Å². The van der Waals surface area contributed by atoms with Gasteiger partial charge in [0.15, 0.2) is 0 Å². The normalized spacial score (nSPS) is 18.7. The summed E-state index contributed by atoms with van der Waals surface area (Å²) in [6.45, 7) is 4.10. The lowest BCUT2D eigenvalue weighted by molar-refractivity contribution is -0.144. The van der Waals surface area contributed by atoms with E-state index in [2.05, 4.69) is 4.90 Å². The van der Waals surface area contributed by atoms with Crippen molar-refractivity contribution in [3.63, 3.8) is 0 Å². The summed E-state index contributed by atoms with van der Waals surface area (Å²) < 4.78 is 37.7. The van der Waals surface area contributed by atoms with Crippen LogP contribution in [0.1, 0.15) is 43.7 Å².